The van der Waals surface area contributed by atoms with Gasteiger partial charge in [0.05, 0.1) is 5.56 Å². The monoisotopic (exact) mass is 283 g/mol. The molecular weight excluding hydrogens is 267 g/mol. The minimum atomic E-state index is -4.43. The van der Waals surface area contributed by atoms with Crippen LogP contribution < -0.4 is 5.73 Å². The smallest absolute Gasteiger partial charge is 0.396 e. The number of halogens is 4. The number of hydrogen-bond acceptors (Lipinski definition) is 2. The van der Waals surface area contributed by atoms with Crippen LogP contribution in [0.1, 0.15) is 31.0 Å². The van der Waals surface area contributed by atoms with Gasteiger partial charge in [0, 0.05) is 18.1 Å². The van der Waals surface area contributed by atoms with Crippen LogP contribution in [0.25, 0.3) is 0 Å². The molecule has 0 radical (unpaired) electrons. The lowest BCUT2D eigenvalue weighted by atomic mass is 9.80. The van der Waals surface area contributed by atoms with E-state index in [1.54, 1.807) is 13.8 Å². The Morgan fingerprint density at radius 3 is 2.17 bits per heavy atom. The second-order valence-electron chi connectivity index (χ2n) is 4.71. The van der Waals surface area contributed by atoms with Gasteiger partial charge in [0.15, 0.2) is 0 Å². The quantitative estimate of drug-likeness (QED) is 0.895. The number of alkyl halides is 3. The van der Waals surface area contributed by atoms with E-state index in [0.717, 1.165) is 6.07 Å². The van der Waals surface area contributed by atoms with Gasteiger partial charge in [-0.25, -0.2) is 0 Å². The van der Waals surface area contributed by atoms with Gasteiger partial charge in [-0.1, -0.05) is 32.0 Å². The van der Waals surface area contributed by atoms with Crippen molar-refractivity contribution in [1.82, 2.24) is 0 Å². The fraction of sp³-hybridized carbons (Fsp3) is 0.500. The maximum atomic E-state index is 12.8. The highest BCUT2D eigenvalue weighted by Crippen LogP contribution is 2.39. The SMILES string of the molecule is CC(C)(CO)[C@H](N)c1ccccc1C(F)(F)F.Cl. The van der Waals surface area contributed by atoms with E-state index in [4.69, 9.17) is 10.8 Å². The number of aliphatic hydroxyl groups is 1. The van der Waals surface area contributed by atoms with Gasteiger partial charge in [-0.05, 0) is 11.6 Å². The van der Waals surface area contributed by atoms with Gasteiger partial charge in [-0.2, -0.15) is 13.2 Å². The molecule has 0 fully saturated rings. The molecule has 0 spiro atoms. The van der Waals surface area contributed by atoms with Crippen molar-refractivity contribution >= 4 is 12.4 Å². The van der Waals surface area contributed by atoms with E-state index in [0.29, 0.717) is 0 Å². The van der Waals surface area contributed by atoms with Crippen LogP contribution in [0.3, 0.4) is 0 Å². The van der Waals surface area contributed by atoms with Crippen molar-refractivity contribution in [1.29, 1.82) is 0 Å². The Bertz CT molecular complexity index is 393. The first kappa shape index (κ1) is 17.2. The lowest BCUT2D eigenvalue weighted by Crippen LogP contribution is -2.33. The van der Waals surface area contributed by atoms with Crippen LogP contribution in [-0.2, 0) is 6.18 Å². The first-order valence-electron chi connectivity index (χ1n) is 5.22. The summed E-state index contributed by atoms with van der Waals surface area (Å²) in [7, 11) is 0. The van der Waals surface area contributed by atoms with E-state index in [1.807, 2.05) is 0 Å². The molecule has 0 aromatic heterocycles. The first-order valence-corrected chi connectivity index (χ1v) is 5.22. The third-order valence-electron chi connectivity index (χ3n) is 2.85. The molecule has 0 saturated heterocycles. The first-order chi connectivity index (χ1) is 7.70. The van der Waals surface area contributed by atoms with Crippen molar-refractivity contribution in [3.8, 4) is 0 Å². The van der Waals surface area contributed by atoms with E-state index in [9.17, 15) is 13.2 Å². The van der Waals surface area contributed by atoms with Crippen molar-refractivity contribution in [2.24, 2.45) is 11.1 Å². The third kappa shape index (κ3) is 3.60. The van der Waals surface area contributed by atoms with Crippen LogP contribution in [0.5, 0.6) is 0 Å². The molecule has 0 saturated carbocycles. The summed E-state index contributed by atoms with van der Waals surface area (Å²) in [5, 5.41) is 9.16. The van der Waals surface area contributed by atoms with Crippen LogP contribution in [0, 0.1) is 5.41 Å². The second kappa shape index (κ2) is 5.91. The van der Waals surface area contributed by atoms with E-state index in [2.05, 4.69) is 0 Å². The highest BCUT2D eigenvalue weighted by Gasteiger charge is 2.37. The lowest BCUT2D eigenvalue weighted by Gasteiger charge is -2.31. The molecule has 0 aliphatic heterocycles. The highest BCUT2D eigenvalue weighted by molar-refractivity contribution is 5.85. The highest BCUT2D eigenvalue weighted by atomic mass is 35.5. The van der Waals surface area contributed by atoms with Crippen molar-refractivity contribution < 1.29 is 18.3 Å². The second-order valence-corrected chi connectivity index (χ2v) is 4.71. The Labute approximate surface area is 110 Å². The molecule has 0 aliphatic carbocycles. The average Bonchev–Trinajstić information content (AvgIpc) is 2.27. The maximum Gasteiger partial charge on any atom is 0.416 e. The maximum absolute atomic E-state index is 12.8. The molecule has 1 aromatic carbocycles. The number of aliphatic hydroxyl groups excluding tert-OH is 1. The van der Waals surface area contributed by atoms with E-state index in [1.165, 1.54) is 18.2 Å². The molecule has 0 unspecified atom stereocenters. The van der Waals surface area contributed by atoms with Gasteiger partial charge in [-0.3, -0.25) is 0 Å². The summed E-state index contributed by atoms with van der Waals surface area (Å²) in [5.41, 5.74) is 4.29. The third-order valence-corrected chi connectivity index (χ3v) is 2.85. The minimum Gasteiger partial charge on any atom is -0.396 e. The van der Waals surface area contributed by atoms with Crippen LogP contribution in [0.4, 0.5) is 13.2 Å². The molecule has 1 aromatic rings. The van der Waals surface area contributed by atoms with E-state index >= 15 is 0 Å². The molecule has 6 heteroatoms. The van der Waals surface area contributed by atoms with Gasteiger partial charge in [0.2, 0.25) is 0 Å². The Morgan fingerprint density at radius 2 is 1.72 bits per heavy atom. The average molecular weight is 284 g/mol. The Morgan fingerprint density at radius 1 is 1.22 bits per heavy atom. The zero-order valence-corrected chi connectivity index (χ0v) is 11.0. The molecule has 104 valence electrons. The summed E-state index contributed by atoms with van der Waals surface area (Å²) in [5.74, 6) is 0. The largest absolute Gasteiger partial charge is 0.416 e. The van der Waals surface area contributed by atoms with Crippen molar-refractivity contribution in [3.05, 3.63) is 35.4 Å². The van der Waals surface area contributed by atoms with Crippen LogP contribution in [-0.4, -0.2) is 11.7 Å². The molecular formula is C12H17ClF3NO. The lowest BCUT2D eigenvalue weighted by molar-refractivity contribution is -0.138. The summed E-state index contributed by atoms with van der Waals surface area (Å²) in [4.78, 5) is 0. The minimum absolute atomic E-state index is 0. The molecule has 0 bridgehead atoms. The predicted octanol–water partition coefficient (Wildman–Crippen LogP) is 3.15. The van der Waals surface area contributed by atoms with Crippen LogP contribution >= 0.6 is 12.4 Å². The molecule has 0 aliphatic rings. The van der Waals surface area contributed by atoms with Gasteiger partial charge in [-0.15, -0.1) is 12.4 Å². The molecule has 1 rings (SSSR count). The summed E-state index contributed by atoms with van der Waals surface area (Å²) in [6.07, 6.45) is -4.43. The molecule has 2 nitrogen and oxygen atoms in total. The molecule has 0 heterocycles. The fourth-order valence-corrected chi connectivity index (χ4v) is 1.55. The summed E-state index contributed by atoms with van der Waals surface area (Å²) >= 11 is 0. The molecule has 0 amide bonds. The number of nitrogens with two attached hydrogens (primary N) is 1. The zero-order valence-electron chi connectivity index (χ0n) is 10.2. The Kier molecular flexibility index (Phi) is 5.65. The van der Waals surface area contributed by atoms with Crippen molar-refractivity contribution in [2.45, 2.75) is 26.1 Å². The van der Waals surface area contributed by atoms with Crippen molar-refractivity contribution in [3.63, 3.8) is 0 Å². The predicted molar refractivity (Wildman–Crippen MR) is 66.5 cm³/mol. The zero-order chi connectivity index (χ0) is 13.3. The van der Waals surface area contributed by atoms with Crippen LogP contribution in [0.2, 0.25) is 0 Å². The molecule has 3 N–H and O–H groups in total. The number of rotatable bonds is 3. The molecule has 1 atom stereocenters. The fourth-order valence-electron chi connectivity index (χ4n) is 1.55. The standard InChI is InChI=1S/C12H16F3NO.ClH/c1-11(2,7-17)10(16)8-5-3-4-6-9(8)12(13,14)15;/h3-6,10,17H,7,16H2,1-2H3;1H/t10-;/m1./s1. The van der Waals surface area contributed by atoms with Crippen molar-refractivity contribution in [2.75, 3.05) is 6.61 Å². The van der Waals surface area contributed by atoms with Gasteiger partial charge < -0.3 is 10.8 Å². The van der Waals surface area contributed by atoms with E-state index in [-0.39, 0.29) is 24.6 Å². The van der Waals surface area contributed by atoms with E-state index < -0.39 is 23.2 Å². The summed E-state index contributed by atoms with van der Waals surface area (Å²) < 4.78 is 38.3. The normalized spacial score (nSPS) is 13.9. The van der Waals surface area contributed by atoms with Gasteiger partial charge in [0.1, 0.15) is 0 Å². The summed E-state index contributed by atoms with van der Waals surface area (Å²) in [6, 6.07) is 4.32. The topological polar surface area (TPSA) is 46.2 Å². The summed E-state index contributed by atoms with van der Waals surface area (Å²) in [6.45, 7) is 2.98. The van der Waals surface area contributed by atoms with Crippen LogP contribution in [0.15, 0.2) is 24.3 Å². The Hall–Kier alpha value is -0.780. The number of benzene rings is 1. The van der Waals surface area contributed by atoms with Gasteiger partial charge >= 0.3 is 6.18 Å². The Balaban J connectivity index is 0.00000289. The molecule has 18 heavy (non-hydrogen) atoms. The number of hydrogen-bond donors (Lipinski definition) is 2. The van der Waals surface area contributed by atoms with Gasteiger partial charge in [0.25, 0.3) is 0 Å².